The Labute approximate surface area is 155 Å². The van der Waals surface area contributed by atoms with Crippen molar-refractivity contribution in [2.24, 2.45) is 0 Å². The van der Waals surface area contributed by atoms with Gasteiger partial charge in [0.15, 0.2) is 0 Å². The van der Waals surface area contributed by atoms with Crippen LogP contribution in [0, 0.1) is 0 Å². The maximum Gasteiger partial charge on any atom is 0.305 e. The van der Waals surface area contributed by atoms with E-state index in [1.165, 1.54) is 6.20 Å². The molecule has 0 unspecified atom stereocenters. The number of carboxylic acids is 1. The first kappa shape index (κ1) is 18.3. The van der Waals surface area contributed by atoms with E-state index in [2.05, 4.69) is 10.3 Å². The largest absolute Gasteiger partial charge is 0.481 e. The number of carboxylic acid groups (broad SMARTS) is 1. The third-order valence-electron chi connectivity index (χ3n) is 3.94. The predicted octanol–water partition coefficient (Wildman–Crippen LogP) is 2.72. The van der Waals surface area contributed by atoms with Gasteiger partial charge in [-0.1, -0.05) is 24.3 Å². The zero-order valence-electron chi connectivity index (χ0n) is 14.4. The van der Waals surface area contributed by atoms with Gasteiger partial charge < -0.3 is 20.3 Å². The average Bonchev–Trinajstić information content (AvgIpc) is 2.67. The lowest BCUT2D eigenvalue weighted by atomic mass is 10.0. The maximum atomic E-state index is 12.3. The van der Waals surface area contributed by atoms with Crippen LogP contribution in [0.4, 0.5) is 0 Å². The summed E-state index contributed by atoms with van der Waals surface area (Å²) in [6, 6.07) is 14.6. The molecule has 0 aliphatic rings. The van der Waals surface area contributed by atoms with Gasteiger partial charge in [0.2, 0.25) is 0 Å². The Kier molecular flexibility index (Phi) is 5.63. The van der Waals surface area contributed by atoms with Gasteiger partial charge in [-0.05, 0) is 29.7 Å². The summed E-state index contributed by atoms with van der Waals surface area (Å²) in [6.07, 6.45) is 1.34. The van der Waals surface area contributed by atoms with Gasteiger partial charge in [0.1, 0.15) is 17.2 Å². The summed E-state index contributed by atoms with van der Waals surface area (Å²) in [7, 11) is 0. The summed E-state index contributed by atoms with van der Waals surface area (Å²) in [4.78, 5) is 27.0. The van der Waals surface area contributed by atoms with Crippen molar-refractivity contribution in [3.63, 3.8) is 0 Å². The number of hydrogen-bond acceptors (Lipinski definition) is 5. The van der Waals surface area contributed by atoms with Crippen LogP contribution in [0.2, 0.25) is 0 Å². The van der Waals surface area contributed by atoms with Crippen LogP contribution in [0.3, 0.4) is 0 Å². The summed E-state index contributed by atoms with van der Waals surface area (Å²) < 4.78 is 5.79. The summed E-state index contributed by atoms with van der Waals surface area (Å²) in [5, 5.41) is 22.3. The third-order valence-corrected chi connectivity index (χ3v) is 3.94. The van der Waals surface area contributed by atoms with Crippen molar-refractivity contribution in [1.82, 2.24) is 10.3 Å². The molecule has 1 aromatic heterocycles. The molecule has 7 heteroatoms. The van der Waals surface area contributed by atoms with Gasteiger partial charge in [-0.3, -0.25) is 14.6 Å². The van der Waals surface area contributed by atoms with Crippen LogP contribution in [0.15, 0.2) is 54.7 Å². The second-order valence-corrected chi connectivity index (χ2v) is 5.81. The third kappa shape index (κ3) is 4.39. The number of aliphatic hydroxyl groups is 1. The van der Waals surface area contributed by atoms with Crippen molar-refractivity contribution in [2.75, 3.05) is 6.54 Å². The molecule has 0 saturated heterocycles. The number of amides is 1. The molecule has 1 heterocycles. The molecule has 3 N–H and O–H groups in total. The van der Waals surface area contributed by atoms with Crippen molar-refractivity contribution in [1.29, 1.82) is 0 Å². The van der Waals surface area contributed by atoms with Crippen LogP contribution in [0.25, 0.3) is 10.8 Å². The minimum Gasteiger partial charge on any atom is -0.481 e. The van der Waals surface area contributed by atoms with Crippen molar-refractivity contribution in [3.8, 4) is 11.5 Å². The molecule has 138 valence electrons. The van der Waals surface area contributed by atoms with E-state index in [9.17, 15) is 14.7 Å². The first-order valence-corrected chi connectivity index (χ1v) is 8.34. The van der Waals surface area contributed by atoms with E-state index in [0.29, 0.717) is 22.4 Å². The van der Waals surface area contributed by atoms with Gasteiger partial charge in [0.25, 0.3) is 5.91 Å². The molecule has 0 aliphatic heterocycles. The molecule has 0 atom stereocenters. The number of para-hydroxylation sites is 1. The molecule has 0 radical (unpaired) electrons. The molecule has 3 aromatic rings. The highest BCUT2D eigenvalue weighted by molar-refractivity contribution is 5.99. The Bertz CT molecular complexity index is 973. The monoisotopic (exact) mass is 366 g/mol. The summed E-state index contributed by atoms with van der Waals surface area (Å²) in [6.45, 7) is -0.381. The van der Waals surface area contributed by atoms with Crippen LogP contribution in [0.5, 0.6) is 11.5 Å². The zero-order valence-corrected chi connectivity index (χ0v) is 14.4. The predicted molar refractivity (Wildman–Crippen MR) is 98.8 cm³/mol. The molecule has 2 aromatic carbocycles. The van der Waals surface area contributed by atoms with Gasteiger partial charge in [0, 0.05) is 23.7 Å². The number of carbonyl (C=O) groups excluding carboxylic acids is 1. The van der Waals surface area contributed by atoms with E-state index in [-0.39, 0.29) is 25.3 Å². The number of nitrogens with zero attached hydrogens (tertiary/aromatic N) is 1. The number of nitrogens with one attached hydrogen (secondary N) is 1. The fourth-order valence-corrected chi connectivity index (χ4v) is 2.67. The van der Waals surface area contributed by atoms with Crippen LogP contribution in [-0.4, -0.2) is 33.6 Å². The van der Waals surface area contributed by atoms with Crippen LogP contribution < -0.4 is 10.1 Å². The molecular weight excluding hydrogens is 348 g/mol. The first-order valence-electron chi connectivity index (χ1n) is 8.34. The van der Waals surface area contributed by atoms with Crippen LogP contribution >= 0.6 is 0 Å². The molecule has 0 bridgehead atoms. The number of rotatable bonds is 7. The van der Waals surface area contributed by atoms with Crippen molar-refractivity contribution in [2.45, 2.75) is 13.0 Å². The van der Waals surface area contributed by atoms with E-state index in [0.717, 1.165) is 5.39 Å². The molecule has 0 saturated carbocycles. The highest BCUT2D eigenvalue weighted by atomic mass is 16.5. The Morgan fingerprint density at radius 3 is 2.56 bits per heavy atom. The highest BCUT2D eigenvalue weighted by Crippen LogP contribution is 2.28. The Morgan fingerprint density at radius 1 is 1.07 bits per heavy atom. The van der Waals surface area contributed by atoms with E-state index >= 15 is 0 Å². The van der Waals surface area contributed by atoms with Gasteiger partial charge in [-0.2, -0.15) is 0 Å². The minimum atomic E-state index is -1.00. The number of aliphatic carboxylic acids is 1. The first-order chi connectivity index (χ1) is 13.1. The molecule has 0 aliphatic carbocycles. The zero-order chi connectivity index (χ0) is 19.2. The van der Waals surface area contributed by atoms with Crippen molar-refractivity contribution in [3.05, 3.63) is 66.0 Å². The lowest BCUT2D eigenvalue weighted by Gasteiger charge is -2.12. The van der Waals surface area contributed by atoms with Gasteiger partial charge >= 0.3 is 5.97 Å². The quantitative estimate of drug-likeness (QED) is 0.593. The fraction of sp³-hybridized carbons (Fsp3) is 0.150. The molecule has 0 fully saturated rings. The molecule has 0 spiro atoms. The van der Waals surface area contributed by atoms with Crippen LogP contribution in [-0.2, 0) is 11.4 Å². The van der Waals surface area contributed by atoms with Gasteiger partial charge in [0.05, 0.1) is 13.0 Å². The van der Waals surface area contributed by atoms with E-state index in [1.54, 1.807) is 18.2 Å². The normalized spacial score (nSPS) is 10.6. The van der Waals surface area contributed by atoms with Gasteiger partial charge in [-0.25, -0.2) is 0 Å². The molecule has 7 nitrogen and oxygen atoms in total. The fourth-order valence-electron chi connectivity index (χ4n) is 2.67. The summed E-state index contributed by atoms with van der Waals surface area (Å²) in [5.74, 6) is -0.221. The van der Waals surface area contributed by atoms with E-state index in [1.807, 2.05) is 30.3 Å². The second kappa shape index (κ2) is 8.29. The number of pyridine rings is 1. The van der Waals surface area contributed by atoms with Crippen LogP contribution in [0.1, 0.15) is 22.5 Å². The minimum absolute atomic E-state index is 0.0113. The highest BCUT2D eigenvalue weighted by Gasteiger charge is 2.16. The van der Waals surface area contributed by atoms with E-state index in [4.69, 9.17) is 9.84 Å². The topological polar surface area (TPSA) is 109 Å². The Balaban J connectivity index is 1.87. The Morgan fingerprint density at radius 2 is 1.85 bits per heavy atom. The lowest BCUT2D eigenvalue weighted by molar-refractivity contribution is -0.136. The molecule has 3 rings (SSSR count). The molecule has 1 amide bonds. The smallest absolute Gasteiger partial charge is 0.305 e. The SMILES string of the molecule is O=C(O)CCNC(=O)c1ncc2cc(Oc3ccccc3)ccc2c1CO. The molecular formula is C20H18N2O5. The number of hydrogen-bond donors (Lipinski definition) is 3. The molecule has 27 heavy (non-hydrogen) atoms. The number of aliphatic hydroxyl groups excluding tert-OH is 1. The second-order valence-electron chi connectivity index (χ2n) is 5.81. The number of benzene rings is 2. The average molecular weight is 366 g/mol. The van der Waals surface area contributed by atoms with Crippen molar-refractivity contribution >= 4 is 22.6 Å². The van der Waals surface area contributed by atoms with E-state index < -0.39 is 11.9 Å². The van der Waals surface area contributed by atoms with Crippen molar-refractivity contribution < 1.29 is 24.5 Å². The Hall–Kier alpha value is -3.45. The summed E-state index contributed by atoms with van der Waals surface area (Å²) >= 11 is 0. The number of aromatic nitrogens is 1. The lowest BCUT2D eigenvalue weighted by Crippen LogP contribution is -2.28. The summed E-state index contributed by atoms with van der Waals surface area (Å²) in [5.41, 5.74) is 0.457. The standard InChI is InChI=1S/C20H18N2O5/c23-12-17-16-7-6-15(27-14-4-2-1-3-5-14)10-13(16)11-22-19(17)20(26)21-9-8-18(24)25/h1-7,10-11,23H,8-9,12H2,(H,21,26)(H,24,25). The van der Waals surface area contributed by atoms with Gasteiger partial charge in [-0.15, -0.1) is 0 Å². The number of fused-ring (bicyclic) bond motifs is 1. The number of ether oxygens (including phenoxy) is 1. The maximum absolute atomic E-state index is 12.3. The number of carbonyl (C=O) groups is 2.